The second-order valence-electron chi connectivity index (χ2n) is 7.36. The van der Waals surface area contributed by atoms with Crippen molar-refractivity contribution in [3.63, 3.8) is 0 Å². The maximum absolute atomic E-state index is 12.5. The molecule has 3 rings (SSSR count). The molecule has 1 N–H and O–H groups in total. The van der Waals surface area contributed by atoms with E-state index < -0.39 is 0 Å². The number of amides is 1. The molecule has 152 valence electrons. The van der Waals surface area contributed by atoms with Gasteiger partial charge in [-0.2, -0.15) is 0 Å². The van der Waals surface area contributed by atoms with Crippen LogP contribution in [-0.4, -0.2) is 27.5 Å². The number of aromatic nitrogens is 2. The number of nitrogens with zero attached hydrogens (tertiary/aromatic N) is 2. The number of carbonyl (C=O) groups is 2. The summed E-state index contributed by atoms with van der Waals surface area (Å²) in [5.41, 5.74) is 2.75. The molecule has 1 amide bonds. The third-order valence-electron chi connectivity index (χ3n) is 4.59. The molecule has 0 saturated heterocycles. The fraction of sp³-hybridized carbons (Fsp3) is 0.348. The van der Waals surface area contributed by atoms with Gasteiger partial charge in [-0.25, -0.2) is 4.98 Å². The molecule has 0 saturated carbocycles. The van der Waals surface area contributed by atoms with Crippen LogP contribution >= 0.6 is 0 Å². The second kappa shape index (κ2) is 9.37. The van der Waals surface area contributed by atoms with Gasteiger partial charge < -0.3 is 14.6 Å². The van der Waals surface area contributed by atoms with Gasteiger partial charge in [0.15, 0.2) is 0 Å². The number of fused-ring (bicyclic) bond motifs is 1. The first-order valence-corrected chi connectivity index (χ1v) is 9.92. The fourth-order valence-electron chi connectivity index (χ4n) is 3.30. The molecule has 29 heavy (non-hydrogen) atoms. The molecule has 6 nitrogen and oxygen atoms in total. The third kappa shape index (κ3) is 5.44. The Morgan fingerprint density at radius 3 is 2.45 bits per heavy atom. The minimum Gasteiger partial charge on any atom is -0.462 e. The van der Waals surface area contributed by atoms with E-state index in [9.17, 15) is 9.59 Å². The van der Waals surface area contributed by atoms with Crippen molar-refractivity contribution < 1.29 is 14.3 Å². The highest BCUT2D eigenvalue weighted by molar-refractivity contribution is 5.80. The van der Waals surface area contributed by atoms with E-state index >= 15 is 0 Å². The second-order valence-corrected chi connectivity index (χ2v) is 7.36. The average Bonchev–Trinajstić information content (AvgIpc) is 3.05. The van der Waals surface area contributed by atoms with E-state index in [2.05, 4.69) is 10.3 Å². The summed E-state index contributed by atoms with van der Waals surface area (Å²) in [7, 11) is 0. The number of carbonyl (C=O) groups excluding carboxylic acids is 2. The van der Waals surface area contributed by atoms with Crippen LogP contribution in [0.1, 0.15) is 44.6 Å². The van der Waals surface area contributed by atoms with Crippen LogP contribution in [0.2, 0.25) is 0 Å². The van der Waals surface area contributed by atoms with E-state index in [4.69, 9.17) is 4.74 Å². The van der Waals surface area contributed by atoms with Gasteiger partial charge in [-0.15, -0.1) is 0 Å². The van der Waals surface area contributed by atoms with Crippen molar-refractivity contribution in [2.45, 2.75) is 52.3 Å². The smallest absolute Gasteiger partial charge is 0.326 e. The first kappa shape index (κ1) is 20.6. The number of hydrogen-bond acceptors (Lipinski definition) is 4. The summed E-state index contributed by atoms with van der Waals surface area (Å²) in [4.78, 5) is 29.4. The lowest BCUT2D eigenvalue weighted by Crippen LogP contribution is -2.30. The molecular formula is C23H27N3O3. The Morgan fingerprint density at radius 2 is 1.72 bits per heavy atom. The molecule has 1 unspecified atom stereocenters. The Bertz CT molecular complexity index is 979. The van der Waals surface area contributed by atoms with Gasteiger partial charge in [0.2, 0.25) is 5.91 Å². The van der Waals surface area contributed by atoms with E-state index in [-0.39, 0.29) is 30.6 Å². The number of benzene rings is 2. The summed E-state index contributed by atoms with van der Waals surface area (Å²) in [6.07, 6.45) is 0.886. The quantitative estimate of drug-likeness (QED) is 0.591. The molecule has 0 bridgehead atoms. The summed E-state index contributed by atoms with van der Waals surface area (Å²) >= 11 is 0. The first-order chi connectivity index (χ1) is 13.9. The van der Waals surface area contributed by atoms with E-state index in [0.717, 1.165) is 16.6 Å². The van der Waals surface area contributed by atoms with Gasteiger partial charge in [-0.3, -0.25) is 9.59 Å². The summed E-state index contributed by atoms with van der Waals surface area (Å²) in [5, 5.41) is 3.01. The number of nitrogens with one attached hydrogen (secondary N) is 1. The number of esters is 1. The molecule has 0 aliphatic rings. The number of rotatable bonds is 8. The van der Waals surface area contributed by atoms with Gasteiger partial charge in [0.05, 0.1) is 23.2 Å². The van der Waals surface area contributed by atoms with Crippen LogP contribution in [0, 0.1) is 0 Å². The molecule has 2 aromatic carbocycles. The molecule has 0 aliphatic carbocycles. The van der Waals surface area contributed by atoms with E-state index in [1.54, 1.807) is 0 Å². The minimum absolute atomic E-state index is 0.0512. The lowest BCUT2D eigenvalue weighted by Gasteiger charge is -2.17. The topological polar surface area (TPSA) is 73.2 Å². The van der Waals surface area contributed by atoms with Gasteiger partial charge in [0.25, 0.3) is 0 Å². The third-order valence-corrected chi connectivity index (χ3v) is 4.59. The van der Waals surface area contributed by atoms with Crippen molar-refractivity contribution in [1.82, 2.24) is 14.9 Å². The van der Waals surface area contributed by atoms with Crippen molar-refractivity contribution in [2.75, 3.05) is 0 Å². The normalized spacial score (nSPS) is 12.1. The van der Waals surface area contributed by atoms with Gasteiger partial charge >= 0.3 is 5.97 Å². The Morgan fingerprint density at radius 1 is 1.03 bits per heavy atom. The maximum Gasteiger partial charge on any atom is 0.326 e. The van der Waals surface area contributed by atoms with Crippen molar-refractivity contribution in [1.29, 1.82) is 0 Å². The van der Waals surface area contributed by atoms with Crippen LogP contribution in [-0.2, 0) is 27.3 Å². The molecule has 1 aromatic heterocycles. The zero-order chi connectivity index (χ0) is 20.8. The monoisotopic (exact) mass is 393 g/mol. The van der Waals surface area contributed by atoms with Crippen LogP contribution < -0.4 is 5.32 Å². The predicted molar refractivity (Wildman–Crippen MR) is 112 cm³/mol. The molecule has 1 atom stereocenters. The molecule has 1 heterocycles. The first-order valence-electron chi connectivity index (χ1n) is 9.92. The zero-order valence-electron chi connectivity index (χ0n) is 17.1. The molecule has 6 heteroatoms. The van der Waals surface area contributed by atoms with Gasteiger partial charge in [0.1, 0.15) is 12.4 Å². The predicted octanol–water partition coefficient (Wildman–Crippen LogP) is 3.80. The molecule has 0 fully saturated rings. The minimum atomic E-state index is -0.336. The lowest BCUT2D eigenvalue weighted by atomic mass is 10.1. The maximum atomic E-state index is 12.5. The zero-order valence-corrected chi connectivity index (χ0v) is 17.1. The summed E-state index contributed by atoms with van der Waals surface area (Å²) in [5.74, 6) is 0.261. The highest BCUT2D eigenvalue weighted by atomic mass is 16.5. The van der Waals surface area contributed by atoms with Crippen molar-refractivity contribution in [2.24, 2.45) is 0 Å². The highest BCUT2D eigenvalue weighted by Gasteiger charge is 2.20. The fourth-order valence-corrected chi connectivity index (χ4v) is 3.30. The summed E-state index contributed by atoms with van der Waals surface area (Å²) < 4.78 is 7.12. The number of para-hydroxylation sites is 2. The van der Waals surface area contributed by atoms with Gasteiger partial charge in [-0.05, 0) is 44.9 Å². The number of ether oxygens (including phenoxy) is 1. The Kier molecular flexibility index (Phi) is 6.65. The van der Waals surface area contributed by atoms with E-state index in [0.29, 0.717) is 18.7 Å². The number of imidazole rings is 1. The number of hydrogen-bond donors (Lipinski definition) is 1. The van der Waals surface area contributed by atoms with Crippen LogP contribution in [0.5, 0.6) is 0 Å². The Labute approximate surface area is 170 Å². The highest BCUT2D eigenvalue weighted by Crippen LogP contribution is 2.21. The Hall–Kier alpha value is -3.15. The van der Waals surface area contributed by atoms with E-state index in [1.165, 1.54) is 0 Å². The molecule has 0 spiro atoms. The molecular weight excluding hydrogens is 366 g/mol. The SMILES string of the molecule is CC(C)OC(=O)Cn1c(C(C)NC(=O)CCc2ccccc2)nc2ccccc21. The average molecular weight is 393 g/mol. The number of aryl methyl sites for hydroxylation is 1. The molecule has 0 radical (unpaired) electrons. The van der Waals surface area contributed by atoms with Crippen molar-refractivity contribution in [3.8, 4) is 0 Å². The van der Waals surface area contributed by atoms with E-state index in [1.807, 2.05) is 79.9 Å². The Balaban J connectivity index is 1.74. The summed E-state index contributed by atoms with van der Waals surface area (Å²) in [6.45, 7) is 5.57. The van der Waals surface area contributed by atoms with Crippen molar-refractivity contribution in [3.05, 3.63) is 66.0 Å². The van der Waals surface area contributed by atoms with Crippen LogP contribution in [0.4, 0.5) is 0 Å². The lowest BCUT2D eigenvalue weighted by molar-refractivity contribution is -0.148. The standard InChI is InChI=1S/C23H27N3O3/c1-16(2)29-22(28)15-26-20-12-8-7-11-19(20)25-23(26)17(3)24-21(27)14-13-18-9-5-4-6-10-18/h4-12,16-17H,13-15H2,1-3H3,(H,24,27). The van der Waals surface area contributed by atoms with Crippen LogP contribution in [0.25, 0.3) is 11.0 Å². The molecule has 0 aliphatic heterocycles. The van der Waals surface area contributed by atoms with Crippen LogP contribution in [0.15, 0.2) is 54.6 Å². The van der Waals surface area contributed by atoms with Gasteiger partial charge in [-0.1, -0.05) is 42.5 Å². The summed E-state index contributed by atoms with van der Waals surface area (Å²) in [6, 6.07) is 17.2. The largest absolute Gasteiger partial charge is 0.462 e. The molecule has 3 aromatic rings. The van der Waals surface area contributed by atoms with Crippen LogP contribution in [0.3, 0.4) is 0 Å². The van der Waals surface area contributed by atoms with Crippen molar-refractivity contribution >= 4 is 22.9 Å². The van der Waals surface area contributed by atoms with Gasteiger partial charge in [0, 0.05) is 6.42 Å².